The summed E-state index contributed by atoms with van der Waals surface area (Å²) in [5.74, 6) is 0.560. The molecule has 1 heterocycles. The number of benzene rings is 2. The summed E-state index contributed by atoms with van der Waals surface area (Å²) in [6.07, 6.45) is 0.0439. The second kappa shape index (κ2) is 10.9. The van der Waals surface area contributed by atoms with E-state index in [2.05, 4.69) is 4.90 Å². The Morgan fingerprint density at radius 3 is 2.44 bits per heavy atom. The number of hydrogen-bond acceptors (Lipinski definition) is 5. The first-order chi connectivity index (χ1) is 15.1. The SMILES string of the molecule is CC(Oc1ccc(C2CN(CCC(=O)OC(C)(C)C)CCO2)cc1)c1c(Cl)cccc1Cl. The Kier molecular flexibility index (Phi) is 8.45. The number of carbonyl (C=O) groups is 1. The van der Waals surface area contributed by atoms with Crippen LogP contribution in [0, 0.1) is 0 Å². The van der Waals surface area contributed by atoms with Crippen molar-refractivity contribution < 1.29 is 19.0 Å². The Hall–Kier alpha value is -1.79. The first-order valence-corrected chi connectivity index (χ1v) is 11.6. The number of ether oxygens (including phenoxy) is 3. The van der Waals surface area contributed by atoms with Crippen molar-refractivity contribution >= 4 is 29.2 Å². The lowest BCUT2D eigenvalue weighted by molar-refractivity contribution is -0.155. The predicted molar refractivity (Wildman–Crippen MR) is 128 cm³/mol. The number of esters is 1. The summed E-state index contributed by atoms with van der Waals surface area (Å²) in [4.78, 5) is 14.3. The third-order valence-corrected chi connectivity index (χ3v) is 5.83. The fourth-order valence-electron chi connectivity index (χ4n) is 3.67. The normalized spacial score (nSPS) is 18.2. The van der Waals surface area contributed by atoms with Crippen molar-refractivity contribution in [2.75, 3.05) is 26.2 Å². The molecular weight excluding hydrogens is 449 g/mol. The summed E-state index contributed by atoms with van der Waals surface area (Å²) in [6.45, 7) is 10.4. The first kappa shape index (κ1) is 24.8. The first-order valence-electron chi connectivity index (χ1n) is 10.9. The van der Waals surface area contributed by atoms with E-state index in [9.17, 15) is 4.79 Å². The summed E-state index contributed by atoms with van der Waals surface area (Å²) in [6, 6.07) is 13.3. The fourth-order valence-corrected chi connectivity index (χ4v) is 4.38. The molecule has 2 unspecified atom stereocenters. The average molecular weight is 480 g/mol. The predicted octanol–water partition coefficient (Wildman–Crippen LogP) is 6.24. The standard InChI is InChI=1S/C25H31Cl2NO4/c1-17(24-20(26)6-5-7-21(24)27)31-19-10-8-18(9-11-19)22-16-28(14-15-30-22)13-12-23(29)32-25(2,3)4/h5-11,17,22H,12-16H2,1-4H3. The monoisotopic (exact) mass is 479 g/mol. The smallest absolute Gasteiger partial charge is 0.307 e. The molecule has 1 fully saturated rings. The van der Waals surface area contributed by atoms with Gasteiger partial charge in [0, 0.05) is 35.2 Å². The van der Waals surface area contributed by atoms with Crippen molar-refractivity contribution in [3.63, 3.8) is 0 Å². The van der Waals surface area contributed by atoms with E-state index in [1.165, 1.54) is 0 Å². The van der Waals surface area contributed by atoms with Crippen LogP contribution >= 0.6 is 23.2 Å². The molecule has 5 nitrogen and oxygen atoms in total. The van der Waals surface area contributed by atoms with E-state index in [1.54, 1.807) is 12.1 Å². The molecule has 0 bridgehead atoms. The van der Waals surface area contributed by atoms with Gasteiger partial charge in [0.2, 0.25) is 0 Å². The summed E-state index contributed by atoms with van der Waals surface area (Å²) >= 11 is 12.6. The molecule has 3 rings (SSSR count). The summed E-state index contributed by atoms with van der Waals surface area (Å²) in [5.41, 5.74) is 1.39. The number of carbonyl (C=O) groups excluding carboxylic acids is 1. The van der Waals surface area contributed by atoms with Gasteiger partial charge in [0.1, 0.15) is 17.5 Å². The quantitative estimate of drug-likeness (QED) is 0.439. The molecule has 1 saturated heterocycles. The van der Waals surface area contributed by atoms with Gasteiger partial charge in [-0.15, -0.1) is 0 Å². The van der Waals surface area contributed by atoms with Crippen molar-refractivity contribution in [1.82, 2.24) is 4.90 Å². The van der Waals surface area contributed by atoms with E-state index < -0.39 is 5.60 Å². The maximum atomic E-state index is 12.0. The molecule has 32 heavy (non-hydrogen) atoms. The van der Waals surface area contributed by atoms with Gasteiger partial charge in [-0.3, -0.25) is 9.69 Å². The third-order valence-electron chi connectivity index (χ3n) is 5.17. The Morgan fingerprint density at radius 2 is 1.81 bits per heavy atom. The highest BCUT2D eigenvalue weighted by atomic mass is 35.5. The van der Waals surface area contributed by atoms with E-state index in [4.69, 9.17) is 37.4 Å². The van der Waals surface area contributed by atoms with Gasteiger partial charge in [0.25, 0.3) is 0 Å². The van der Waals surface area contributed by atoms with Gasteiger partial charge in [0.05, 0.1) is 19.1 Å². The molecule has 0 saturated carbocycles. The zero-order valence-electron chi connectivity index (χ0n) is 19.1. The number of hydrogen-bond donors (Lipinski definition) is 0. The van der Waals surface area contributed by atoms with Crippen LogP contribution in [0.2, 0.25) is 10.0 Å². The van der Waals surface area contributed by atoms with Crippen LogP contribution in [0.25, 0.3) is 0 Å². The molecule has 2 atom stereocenters. The minimum atomic E-state index is -0.455. The Morgan fingerprint density at radius 1 is 1.16 bits per heavy atom. The van der Waals surface area contributed by atoms with Crippen molar-refractivity contribution in [2.45, 2.75) is 51.9 Å². The van der Waals surface area contributed by atoms with Gasteiger partial charge in [-0.25, -0.2) is 0 Å². The topological polar surface area (TPSA) is 48.0 Å². The lowest BCUT2D eigenvalue weighted by Gasteiger charge is -2.33. The molecule has 0 aliphatic carbocycles. The van der Waals surface area contributed by atoms with E-state index in [1.807, 2.05) is 58.0 Å². The lowest BCUT2D eigenvalue weighted by Crippen LogP contribution is -2.39. The van der Waals surface area contributed by atoms with Crippen molar-refractivity contribution in [3.8, 4) is 5.75 Å². The van der Waals surface area contributed by atoms with Gasteiger partial charge in [-0.2, -0.15) is 0 Å². The largest absolute Gasteiger partial charge is 0.486 e. The molecule has 174 valence electrons. The van der Waals surface area contributed by atoms with Crippen LogP contribution in [0.3, 0.4) is 0 Å². The molecule has 1 aliphatic heterocycles. The van der Waals surface area contributed by atoms with Gasteiger partial charge < -0.3 is 14.2 Å². The van der Waals surface area contributed by atoms with Crippen molar-refractivity contribution in [1.29, 1.82) is 0 Å². The van der Waals surface area contributed by atoms with Gasteiger partial charge >= 0.3 is 5.97 Å². The van der Waals surface area contributed by atoms with Crippen LogP contribution in [0.1, 0.15) is 57.5 Å². The van der Waals surface area contributed by atoms with Crippen LogP contribution < -0.4 is 4.74 Å². The fraction of sp³-hybridized carbons (Fsp3) is 0.480. The molecule has 0 spiro atoms. The van der Waals surface area contributed by atoms with E-state index in [-0.39, 0.29) is 18.2 Å². The average Bonchev–Trinajstić information content (AvgIpc) is 2.72. The molecule has 2 aromatic carbocycles. The Labute approximate surface area is 200 Å². The molecule has 0 amide bonds. The van der Waals surface area contributed by atoms with Gasteiger partial charge in [-0.05, 0) is 57.5 Å². The highest BCUT2D eigenvalue weighted by Gasteiger charge is 2.24. The van der Waals surface area contributed by atoms with Crippen molar-refractivity contribution in [2.24, 2.45) is 0 Å². The molecule has 0 aromatic heterocycles. The third kappa shape index (κ3) is 7.11. The highest BCUT2D eigenvalue weighted by molar-refractivity contribution is 6.36. The second-order valence-electron chi connectivity index (χ2n) is 8.96. The minimum absolute atomic E-state index is 0.0492. The lowest BCUT2D eigenvalue weighted by atomic mass is 10.1. The van der Waals surface area contributed by atoms with E-state index in [0.717, 1.165) is 30.0 Å². The zero-order valence-corrected chi connectivity index (χ0v) is 20.6. The van der Waals surface area contributed by atoms with Crippen LogP contribution in [0.4, 0.5) is 0 Å². The molecule has 0 N–H and O–H groups in total. The highest BCUT2D eigenvalue weighted by Crippen LogP contribution is 2.33. The molecule has 0 radical (unpaired) electrons. The number of morpholine rings is 1. The van der Waals surface area contributed by atoms with Crippen molar-refractivity contribution in [3.05, 3.63) is 63.6 Å². The second-order valence-corrected chi connectivity index (χ2v) is 9.78. The summed E-state index contributed by atoms with van der Waals surface area (Å²) in [7, 11) is 0. The van der Waals surface area contributed by atoms with Crippen LogP contribution in [-0.4, -0.2) is 42.7 Å². The number of nitrogens with zero attached hydrogens (tertiary/aromatic N) is 1. The van der Waals surface area contributed by atoms with E-state index in [0.29, 0.717) is 29.6 Å². The van der Waals surface area contributed by atoms with Crippen LogP contribution in [-0.2, 0) is 14.3 Å². The molecule has 1 aliphatic rings. The van der Waals surface area contributed by atoms with Gasteiger partial charge in [-0.1, -0.05) is 41.4 Å². The van der Waals surface area contributed by atoms with E-state index >= 15 is 0 Å². The van der Waals surface area contributed by atoms with Crippen LogP contribution in [0.15, 0.2) is 42.5 Å². The maximum absolute atomic E-state index is 12.0. The molecular formula is C25H31Cl2NO4. The number of rotatable bonds is 7. The zero-order chi connectivity index (χ0) is 23.3. The number of halogens is 2. The molecule has 2 aromatic rings. The molecule has 7 heteroatoms. The maximum Gasteiger partial charge on any atom is 0.307 e. The summed E-state index contributed by atoms with van der Waals surface area (Å²) in [5, 5.41) is 1.17. The minimum Gasteiger partial charge on any atom is -0.486 e. The Balaban J connectivity index is 1.55. The summed E-state index contributed by atoms with van der Waals surface area (Å²) < 4.78 is 17.4. The Bertz CT molecular complexity index is 891. The van der Waals surface area contributed by atoms with Crippen LogP contribution in [0.5, 0.6) is 5.75 Å². The van der Waals surface area contributed by atoms with Gasteiger partial charge in [0.15, 0.2) is 0 Å².